The third-order valence-corrected chi connectivity index (χ3v) is 4.93. The maximum absolute atomic E-state index is 12.4. The molecule has 0 saturated heterocycles. The maximum atomic E-state index is 12.4. The average molecular weight is 414 g/mol. The number of carbonyl (C=O) groups is 2. The molecule has 0 bridgehead atoms. The Hall–Kier alpha value is -1.79. The Morgan fingerprint density at radius 2 is 1.38 bits per heavy atom. The molecular formula is C22H43N3O4. The first kappa shape index (κ1) is 27.2. The van der Waals surface area contributed by atoms with E-state index in [1.54, 1.807) is 6.92 Å². The second kappa shape index (κ2) is 18.3. The van der Waals surface area contributed by atoms with Crippen molar-refractivity contribution in [3.63, 3.8) is 0 Å². The summed E-state index contributed by atoms with van der Waals surface area (Å²) in [6.45, 7) is 7.25. The Balaban J connectivity index is 3.94. The molecule has 0 amide bonds. The molecule has 29 heavy (non-hydrogen) atoms. The molecule has 0 saturated carbocycles. The van der Waals surface area contributed by atoms with Gasteiger partial charge in [0.05, 0.1) is 25.0 Å². The van der Waals surface area contributed by atoms with Gasteiger partial charge in [0.1, 0.15) is 0 Å². The standard InChI is InChI=1S/C22H43N3O4/c1-4-6-8-9-13-19(12-7-5-2)21(27)29-17-11-10-16-28-20(26)18(3)14-15-25-22(23)24/h18-19H,4-17H2,1-3H3,(H4,23,24,25). The minimum absolute atomic E-state index is 0.0238. The zero-order chi connectivity index (χ0) is 21.9. The first-order chi connectivity index (χ1) is 13.9. The first-order valence-electron chi connectivity index (χ1n) is 11.3. The van der Waals surface area contributed by atoms with Gasteiger partial charge in [0, 0.05) is 6.54 Å². The van der Waals surface area contributed by atoms with Gasteiger partial charge in [-0.1, -0.05) is 59.3 Å². The molecule has 0 aromatic heterocycles. The number of ether oxygens (including phenoxy) is 2. The van der Waals surface area contributed by atoms with Crippen molar-refractivity contribution >= 4 is 17.9 Å². The number of carbonyl (C=O) groups excluding carboxylic acids is 2. The fourth-order valence-corrected chi connectivity index (χ4v) is 2.96. The summed E-state index contributed by atoms with van der Waals surface area (Å²) in [6, 6.07) is 0. The van der Waals surface area contributed by atoms with Crippen LogP contribution in [0.4, 0.5) is 0 Å². The highest BCUT2D eigenvalue weighted by Crippen LogP contribution is 2.19. The van der Waals surface area contributed by atoms with Crippen LogP contribution in [0.1, 0.15) is 91.4 Å². The summed E-state index contributed by atoms with van der Waals surface area (Å²) in [7, 11) is 0. The number of aliphatic imine (C=N–C) groups is 1. The van der Waals surface area contributed by atoms with Crippen molar-refractivity contribution < 1.29 is 19.1 Å². The van der Waals surface area contributed by atoms with E-state index in [0.717, 1.165) is 32.1 Å². The van der Waals surface area contributed by atoms with E-state index in [1.165, 1.54) is 19.3 Å². The highest BCUT2D eigenvalue weighted by Gasteiger charge is 2.19. The lowest BCUT2D eigenvalue weighted by atomic mass is 9.95. The molecule has 0 fully saturated rings. The lowest BCUT2D eigenvalue weighted by Crippen LogP contribution is -2.24. The fraction of sp³-hybridized carbons (Fsp3) is 0.864. The van der Waals surface area contributed by atoms with Crippen molar-refractivity contribution in [1.29, 1.82) is 0 Å². The van der Waals surface area contributed by atoms with E-state index in [4.69, 9.17) is 20.9 Å². The largest absolute Gasteiger partial charge is 0.465 e. The van der Waals surface area contributed by atoms with E-state index in [-0.39, 0.29) is 29.7 Å². The summed E-state index contributed by atoms with van der Waals surface area (Å²) in [6.07, 6.45) is 10.6. The van der Waals surface area contributed by atoms with Gasteiger partial charge in [-0.05, 0) is 32.1 Å². The Labute approximate surface area is 177 Å². The predicted octanol–water partition coefficient (Wildman–Crippen LogP) is 3.93. The third-order valence-electron chi connectivity index (χ3n) is 4.93. The fourth-order valence-electron chi connectivity index (χ4n) is 2.96. The van der Waals surface area contributed by atoms with Crippen molar-refractivity contribution in [3.05, 3.63) is 0 Å². The number of guanidine groups is 1. The zero-order valence-electron chi connectivity index (χ0n) is 18.8. The normalized spacial score (nSPS) is 12.8. The summed E-state index contributed by atoms with van der Waals surface area (Å²) < 4.78 is 10.7. The van der Waals surface area contributed by atoms with Crippen molar-refractivity contribution in [1.82, 2.24) is 0 Å². The molecule has 170 valence electrons. The zero-order valence-corrected chi connectivity index (χ0v) is 18.8. The summed E-state index contributed by atoms with van der Waals surface area (Å²) in [5.41, 5.74) is 10.5. The summed E-state index contributed by atoms with van der Waals surface area (Å²) in [5.74, 6) is -0.517. The molecule has 0 aliphatic heterocycles. The average Bonchev–Trinajstić information content (AvgIpc) is 2.69. The minimum atomic E-state index is -0.250. The minimum Gasteiger partial charge on any atom is -0.465 e. The van der Waals surface area contributed by atoms with Gasteiger partial charge in [0.15, 0.2) is 5.96 Å². The van der Waals surface area contributed by atoms with Crippen LogP contribution in [0.5, 0.6) is 0 Å². The lowest BCUT2D eigenvalue weighted by molar-refractivity contribution is -0.151. The Morgan fingerprint density at radius 3 is 1.97 bits per heavy atom. The monoisotopic (exact) mass is 413 g/mol. The number of unbranched alkanes of at least 4 members (excludes halogenated alkanes) is 5. The van der Waals surface area contributed by atoms with E-state index in [9.17, 15) is 9.59 Å². The smallest absolute Gasteiger partial charge is 0.308 e. The molecular weight excluding hydrogens is 370 g/mol. The summed E-state index contributed by atoms with van der Waals surface area (Å²) in [5, 5.41) is 0. The van der Waals surface area contributed by atoms with Gasteiger partial charge < -0.3 is 20.9 Å². The van der Waals surface area contributed by atoms with Crippen LogP contribution in [-0.2, 0) is 19.1 Å². The molecule has 2 unspecified atom stereocenters. The molecule has 4 N–H and O–H groups in total. The van der Waals surface area contributed by atoms with E-state index in [1.807, 2.05) is 0 Å². The number of nitrogens with zero attached hydrogens (tertiary/aromatic N) is 1. The van der Waals surface area contributed by atoms with E-state index < -0.39 is 0 Å². The van der Waals surface area contributed by atoms with Crippen LogP contribution in [0.15, 0.2) is 4.99 Å². The van der Waals surface area contributed by atoms with Gasteiger partial charge in [-0.15, -0.1) is 0 Å². The van der Waals surface area contributed by atoms with Gasteiger partial charge in [-0.25, -0.2) is 0 Å². The van der Waals surface area contributed by atoms with Crippen molar-refractivity contribution in [2.45, 2.75) is 91.4 Å². The van der Waals surface area contributed by atoms with E-state index >= 15 is 0 Å². The predicted molar refractivity (Wildman–Crippen MR) is 117 cm³/mol. The Morgan fingerprint density at radius 1 is 0.793 bits per heavy atom. The lowest BCUT2D eigenvalue weighted by Gasteiger charge is -2.16. The highest BCUT2D eigenvalue weighted by atomic mass is 16.5. The van der Waals surface area contributed by atoms with Gasteiger partial charge in [0.2, 0.25) is 0 Å². The molecule has 0 aromatic carbocycles. The van der Waals surface area contributed by atoms with Crippen LogP contribution in [0.25, 0.3) is 0 Å². The molecule has 2 atom stereocenters. The second-order valence-corrected chi connectivity index (χ2v) is 7.73. The summed E-state index contributed by atoms with van der Waals surface area (Å²) >= 11 is 0. The Bertz CT molecular complexity index is 465. The van der Waals surface area contributed by atoms with Gasteiger partial charge in [0.25, 0.3) is 0 Å². The van der Waals surface area contributed by atoms with E-state index in [0.29, 0.717) is 39.0 Å². The second-order valence-electron chi connectivity index (χ2n) is 7.73. The topological polar surface area (TPSA) is 117 Å². The Kier molecular flexibility index (Phi) is 17.1. The third kappa shape index (κ3) is 15.8. The van der Waals surface area contributed by atoms with Crippen LogP contribution < -0.4 is 11.5 Å². The quantitative estimate of drug-likeness (QED) is 0.152. The number of nitrogens with two attached hydrogens (primary N) is 2. The number of hydrogen-bond donors (Lipinski definition) is 2. The maximum Gasteiger partial charge on any atom is 0.308 e. The number of esters is 2. The van der Waals surface area contributed by atoms with Crippen molar-refractivity contribution in [2.24, 2.45) is 28.3 Å². The van der Waals surface area contributed by atoms with Crippen molar-refractivity contribution in [2.75, 3.05) is 19.8 Å². The van der Waals surface area contributed by atoms with E-state index in [2.05, 4.69) is 18.8 Å². The van der Waals surface area contributed by atoms with Crippen LogP contribution in [0.3, 0.4) is 0 Å². The number of hydrogen-bond acceptors (Lipinski definition) is 5. The van der Waals surface area contributed by atoms with Crippen LogP contribution in [-0.4, -0.2) is 37.7 Å². The van der Waals surface area contributed by atoms with Crippen LogP contribution >= 0.6 is 0 Å². The molecule has 0 aliphatic rings. The molecule has 0 rings (SSSR count). The van der Waals surface area contributed by atoms with Gasteiger partial charge in [-0.3, -0.25) is 14.6 Å². The SMILES string of the molecule is CCCCCCC(CCCC)C(=O)OCCCCOC(=O)C(C)CCN=C(N)N. The van der Waals surface area contributed by atoms with Crippen molar-refractivity contribution in [3.8, 4) is 0 Å². The highest BCUT2D eigenvalue weighted by molar-refractivity contribution is 5.75. The first-order valence-corrected chi connectivity index (χ1v) is 11.3. The summed E-state index contributed by atoms with van der Waals surface area (Å²) in [4.78, 5) is 28.1. The molecule has 0 radical (unpaired) electrons. The molecule has 7 heteroatoms. The molecule has 0 heterocycles. The molecule has 0 aliphatic carbocycles. The molecule has 0 aromatic rings. The van der Waals surface area contributed by atoms with Crippen LogP contribution in [0, 0.1) is 11.8 Å². The van der Waals surface area contributed by atoms with Crippen LogP contribution in [0.2, 0.25) is 0 Å². The molecule has 0 spiro atoms. The van der Waals surface area contributed by atoms with Gasteiger partial charge in [-0.2, -0.15) is 0 Å². The molecule has 7 nitrogen and oxygen atoms in total. The number of rotatable bonds is 18. The van der Waals surface area contributed by atoms with Gasteiger partial charge >= 0.3 is 11.9 Å².